The lowest BCUT2D eigenvalue weighted by Gasteiger charge is -2.32. The van der Waals surface area contributed by atoms with E-state index in [-0.39, 0.29) is 18.2 Å². The molecule has 174 valence electrons. The van der Waals surface area contributed by atoms with Gasteiger partial charge in [-0.15, -0.1) is 0 Å². The van der Waals surface area contributed by atoms with Gasteiger partial charge < -0.3 is 10.1 Å². The number of hydrogen-bond donors (Lipinski definition) is 1. The molecule has 0 aromatic heterocycles. The van der Waals surface area contributed by atoms with Crippen molar-refractivity contribution in [3.8, 4) is 5.75 Å². The van der Waals surface area contributed by atoms with E-state index in [0.29, 0.717) is 23.1 Å². The summed E-state index contributed by atoms with van der Waals surface area (Å²) in [6.07, 6.45) is 1.81. The van der Waals surface area contributed by atoms with E-state index in [4.69, 9.17) is 9.73 Å². The van der Waals surface area contributed by atoms with Crippen LogP contribution < -0.4 is 10.1 Å². The maximum absolute atomic E-state index is 13.1. The highest BCUT2D eigenvalue weighted by Gasteiger charge is 2.35. The molecule has 1 aliphatic heterocycles. The van der Waals surface area contributed by atoms with Gasteiger partial charge in [-0.25, -0.2) is 4.99 Å². The molecule has 3 aromatic rings. The fraction of sp³-hybridized carbons (Fsp3) is 0.222. The minimum Gasteiger partial charge on any atom is -0.497 e. The van der Waals surface area contributed by atoms with Crippen molar-refractivity contribution in [3.63, 3.8) is 0 Å². The van der Waals surface area contributed by atoms with Crippen LogP contribution in [-0.4, -0.2) is 40.8 Å². The Balaban J connectivity index is 1.47. The van der Waals surface area contributed by atoms with Gasteiger partial charge in [0.1, 0.15) is 11.0 Å². The number of para-hydroxylation sites is 1. The van der Waals surface area contributed by atoms with Crippen molar-refractivity contribution in [1.82, 2.24) is 4.90 Å². The molecule has 1 aliphatic rings. The summed E-state index contributed by atoms with van der Waals surface area (Å²) in [4.78, 5) is 32.6. The van der Waals surface area contributed by atoms with Gasteiger partial charge in [-0.1, -0.05) is 60.3 Å². The molecule has 0 aliphatic carbocycles. The highest BCUT2D eigenvalue weighted by atomic mass is 32.2. The Kier molecular flexibility index (Phi) is 7.99. The number of benzene rings is 3. The Bertz CT molecular complexity index is 1130. The van der Waals surface area contributed by atoms with Crippen LogP contribution >= 0.6 is 11.8 Å². The molecular formula is C27H27N3O3S. The van der Waals surface area contributed by atoms with Crippen molar-refractivity contribution in [1.29, 1.82) is 0 Å². The van der Waals surface area contributed by atoms with Crippen molar-refractivity contribution >= 4 is 40.1 Å². The topological polar surface area (TPSA) is 71.0 Å². The van der Waals surface area contributed by atoms with Crippen molar-refractivity contribution in [2.24, 2.45) is 4.99 Å². The average molecular weight is 474 g/mol. The number of amides is 2. The van der Waals surface area contributed by atoms with Gasteiger partial charge in [0, 0.05) is 18.7 Å². The second-order valence-corrected chi connectivity index (χ2v) is 9.06. The van der Waals surface area contributed by atoms with E-state index in [1.165, 1.54) is 17.3 Å². The minimum atomic E-state index is -0.553. The van der Waals surface area contributed by atoms with Crippen LogP contribution in [0.25, 0.3) is 0 Å². The molecule has 0 saturated carbocycles. The predicted molar refractivity (Wildman–Crippen MR) is 138 cm³/mol. The fourth-order valence-corrected chi connectivity index (χ4v) is 4.78. The van der Waals surface area contributed by atoms with E-state index in [1.54, 1.807) is 36.3 Å². The Labute approximate surface area is 204 Å². The molecule has 1 saturated heterocycles. The Morgan fingerprint density at radius 2 is 1.71 bits per heavy atom. The predicted octanol–water partition coefficient (Wildman–Crippen LogP) is 5.29. The first-order valence-corrected chi connectivity index (χ1v) is 12.1. The van der Waals surface area contributed by atoms with Gasteiger partial charge in [0.15, 0.2) is 5.17 Å². The SMILES string of the molecule is COc1ccc(NC(=O)[C@H]2CC(=O)N(CCCc3ccccc3)C(=Nc3ccccc3)S2)cc1. The van der Waals surface area contributed by atoms with Crippen LogP contribution in [0.4, 0.5) is 11.4 Å². The number of rotatable bonds is 8. The van der Waals surface area contributed by atoms with E-state index in [1.807, 2.05) is 48.5 Å². The summed E-state index contributed by atoms with van der Waals surface area (Å²) in [6, 6.07) is 26.8. The maximum Gasteiger partial charge on any atom is 0.238 e. The summed E-state index contributed by atoms with van der Waals surface area (Å²) in [5.74, 6) is 0.410. The number of nitrogens with one attached hydrogen (secondary N) is 1. The second kappa shape index (κ2) is 11.5. The average Bonchev–Trinajstić information content (AvgIpc) is 2.87. The van der Waals surface area contributed by atoms with Gasteiger partial charge in [0.05, 0.1) is 12.8 Å². The molecule has 0 spiro atoms. The third kappa shape index (κ3) is 6.26. The lowest BCUT2D eigenvalue weighted by atomic mass is 10.1. The van der Waals surface area contributed by atoms with Crippen LogP contribution in [0.2, 0.25) is 0 Å². The van der Waals surface area contributed by atoms with Gasteiger partial charge in [-0.2, -0.15) is 0 Å². The van der Waals surface area contributed by atoms with Gasteiger partial charge in [0.25, 0.3) is 0 Å². The molecule has 3 aromatic carbocycles. The molecule has 1 N–H and O–H groups in total. The highest BCUT2D eigenvalue weighted by molar-refractivity contribution is 8.15. The Hall–Kier alpha value is -3.58. The third-order valence-electron chi connectivity index (χ3n) is 5.46. The van der Waals surface area contributed by atoms with Gasteiger partial charge in [-0.3, -0.25) is 14.5 Å². The summed E-state index contributed by atoms with van der Waals surface area (Å²) in [6.45, 7) is 0.555. The Morgan fingerprint density at radius 1 is 1.03 bits per heavy atom. The molecule has 0 bridgehead atoms. The first-order valence-electron chi connectivity index (χ1n) is 11.2. The molecule has 4 rings (SSSR count). The molecule has 34 heavy (non-hydrogen) atoms. The monoisotopic (exact) mass is 473 g/mol. The van der Waals surface area contributed by atoms with Crippen LogP contribution in [0, 0.1) is 0 Å². The zero-order valence-electron chi connectivity index (χ0n) is 19.0. The molecule has 0 radical (unpaired) electrons. The number of anilines is 1. The van der Waals surface area contributed by atoms with Gasteiger partial charge in [-0.05, 0) is 54.8 Å². The number of aliphatic imine (C=N–C) groups is 1. The first-order chi connectivity index (χ1) is 16.6. The van der Waals surface area contributed by atoms with E-state index >= 15 is 0 Å². The summed E-state index contributed by atoms with van der Waals surface area (Å²) in [5, 5.41) is 2.91. The standard InChI is InChI=1S/C27H27N3O3S/c1-33-23-16-14-22(15-17-23)28-26(32)24-19-25(31)30(18-8-11-20-9-4-2-5-10-20)27(34-24)29-21-12-6-3-7-13-21/h2-7,9-10,12-17,24H,8,11,18-19H2,1H3,(H,28,32)/t24-/m1/s1. The number of ether oxygens (including phenoxy) is 1. The van der Waals surface area contributed by atoms with E-state index in [2.05, 4.69) is 17.4 Å². The van der Waals surface area contributed by atoms with E-state index in [0.717, 1.165) is 18.5 Å². The highest BCUT2D eigenvalue weighted by Crippen LogP contribution is 2.30. The molecule has 7 heteroatoms. The van der Waals surface area contributed by atoms with Crippen LogP contribution in [0.5, 0.6) is 5.75 Å². The van der Waals surface area contributed by atoms with Crippen LogP contribution in [0.3, 0.4) is 0 Å². The lowest BCUT2D eigenvalue weighted by Crippen LogP contribution is -2.45. The number of carbonyl (C=O) groups excluding carboxylic acids is 2. The smallest absolute Gasteiger partial charge is 0.238 e. The number of amidine groups is 1. The summed E-state index contributed by atoms with van der Waals surface area (Å²) < 4.78 is 5.16. The molecule has 1 fully saturated rings. The van der Waals surface area contributed by atoms with E-state index in [9.17, 15) is 9.59 Å². The number of methoxy groups -OCH3 is 1. The lowest BCUT2D eigenvalue weighted by molar-refractivity contribution is -0.129. The van der Waals surface area contributed by atoms with E-state index < -0.39 is 5.25 Å². The number of hydrogen-bond acceptors (Lipinski definition) is 5. The zero-order valence-corrected chi connectivity index (χ0v) is 19.8. The zero-order chi connectivity index (χ0) is 23.8. The van der Waals surface area contributed by atoms with Crippen LogP contribution in [-0.2, 0) is 16.0 Å². The minimum absolute atomic E-state index is 0.0867. The molecule has 6 nitrogen and oxygen atoms in total. The molecule has 2 amide bonds. The summed E-state index contributed by atoms with van der Waals surface area (Å²) in [5.41, 5.74) is 2.64. The van der Waals surface area contributed by atoms with Crippen LogP contribution in [0.1, 0.15) is 18.4 Å². The number of carbonyl (C=O) groups is 2. The van der Waals surface area contributed by atoms with Crippen molar-refractivity contribution in [2.75, 3.05) is 19.0 Å². The molecule has 1 heterocycles. The molecule has 1 atom stereocenters. The van der Waals surface area contributed by atoms with Gasteiger partial charge in [0.2, 0.25) is 11.8 Å². The van der Waals surface area contributed by atoms with Gasteiger partial charge >= 0.3 is 0 Å². The fourth-order valence-electron chi connectivity index (χ4n) is 3.66. The quantitative estimate of drug-likeness (QED) is 0.483. The number of thioether (sulfide) groups is 1. The molecule has 0 unspecified atom stereocenters. The molecular weight excluding hydrogens is 446 g/mol. The third-order valence-corrected chi connectivity index (χ3v) is 6.65. The van der Waals surface area contributed by atoms with Crippen molar-refractivity contribution < 1.29 is 14.3 Å². The summed E-state index contributed by atoms with van der Waals surface area (Å²) >= 11 is 1.34. The first kappa shape index (κ1) is 23.6. The summed E-state index contributed by atoms with van der Waals surface area (Å²) in [7, 11) is 1.59. The normalized spacial score (nSPS) is 17.0. The second-order valence-electron chi connectivity index (χ2n) is 7.89. The van der Waals surface area contributed by atoms with Crippen molar-refractivity contribution in [3.05, 3.63) is 90.5 Å². The maximum atomic E-state index is 13.1. The van der Waals surface area contributed by atoms with Crippen LogP contribution in [0.15, 0.2) is 89.9 Å². The number of nitrogens with zero attached hydrogens (tertiary/aromatic N) is 2. The number of aryl methyl sites for hydroxylation is 1. The Morgan fingerprint density at radius 3 is 2.38 bits per heavy atom. The largest absolute Gasteiger partial charge is 0.497 e. The van der Waals surface area contributed by atoms with Crippen molar-refractivity contribution in [2.45, 2.75) is 24.5 Å².